The Morgan fingerprint density at radius 2 is 1.62 bits per heavy atom. The van der Waals surface area contributed by atoms with Gasteiger partial charge in [0, 0.05) is 5.56 Å². The van der Waals surface area contributed by atoms with Crippen LogP contribution < -0.4 is 9.64 Å². The van der Waals surface area contributed by atoms with Crippen LogP contribution in [0, 0.1) is 6.92 Å². The van der Waals surface area contributed by atoms with Gasteiger partial charge in [-0.05, 0) is 49.8 Å². The quantitative estimate of drug-likeness (QED) is 0.567. The predicted octanol–water partition coefficient (Wildman–Crippen LogP) is 5.23. The molecule has 0 N–H and O–H groups in total. The molecule has 1 aliphatic heterocycles. The zero-order chi connectivity index (χ0) is 20.2. The van der Waals surface area contributed by atoms with Crippen LogP contribution in [0.3, 0.4) is 0 Å². The summed E-state index contributed by atoms with van der Waals surface area (Å²) in [5.74, 6) is 1.26. The lowest BCUT2D eigenvalue weighted by atomic mass is 10.1. The van der Waals surface area contributed by atoms with E-state index in [-0.39, 0.29) is 5.91 Å². The molecule has 0 unspecified atom stereocenters. The van der Waals surface area contributed by atoms with Crippen molar-refractivity contribution in [3.05, 3.63) is 101 Å². The number of nitrogens with zero attached hydrogens (tertiary/aromatic N) is 2. The number of carbonyl (C=O) groups is 1. The van der Waals surface area contributed by atoms with Gasteiger partial charge in [-0.25, -0.2) is 4.99 Å². The first-order valence-electron chi connectivity index (χ1n) is 9.65. The molecule has 4 nitrogen and oxygen atoms in total. The van der Waals surface area contributed by atoms with E-state index < -0.39 is 0 Å². The Morgan fingerprint density at radius 3 is 2.28 bits per heavy atom. The number of anilines is 1. The topological polar surface area (TPSA) is 41.9 Å². The van der Waals surface area contributed by atoms with E-state index in [9.17, 15) is 4.79 Å². The summed E-state index contributed by atoms with van der Waals surface area (Å²) in [7, 11) is 0. The molecule has 0 aromatic heterocycles. The van der Waals surface area contributed by atoms with Crippen LogP contribution in [0.25, 0.3) is 6.08 Å². The van der Waals surface area contributed by atoms with Crippen LogP contribution in [-0.4, -0.2) is 18.3 Å². The maximum atomic E-state index is 13.3. The van der Waals surface area contributed by atoms with E-state index in [1.807, 2.05) is 98.8 Å². The van der Waals surface area contributed by atoms with Gasteiger partial charge in [0.2, 0.25) is 0 Å². The van der Waals surface area contributed by atoms with Crippen molar-refractivity contribution >= 4 is 23.5 Å². The Balaban J connectivity index is 1.77. The number of amides is 1. The van der Waals surface area contributed by atoms with Gasteiger partial charge in [-0.2, -0.15) is 0 Å². The molecule has 0 spiro atoms. The minimum Gasteiger partial charge on any atom is -0.494 e. The normalized spacial score (nSPS) is 15.0. The van der Waals surface area contributed by atoms with Crippen LogP contribution in [0.4, 0.5) is 5.69 Å². The summed E-state index contributed by atoms with van der Waals surface area (Å²) in [5.41, 5.74) is 4.17. The van der Waals surface area contributed by atoms with Gasteiger partial charge in [0.25, 0.3) is 5.91 Å². The SMILES string of the molecule is CCOc1ccc(N2C(=O)/C(=C\c3ccccc3)N=C2c2ccc(C)cc2)cc1. The predicted molar refractivity (Wildman–Crippen MR) is 117 cm³/mol. The van der Waals surface area contributed by atoms with E-state index in [1.54, 1.807) is 4.90 Å². The van der Waals surface area contributed by atoms with Crippen LogP contribution in [-0.2, 0) is 4.79 Å². The molecule has 0 radical (unpaired) electrons. The lowest BCUT2D eigenvalue weighted by Crippen LogP contribution is -2.32. The molecule has 0 bridgehead atoms. The third kappa shape index (κ3) is 3.97. The second-order valence-electron chi connectivity index (χ2n) is 6.81. The smallest absolute Gasteiger partial charge is 0.282 e. The fourth-order valence-corrected chi connectivity index (χ4v) is 3.22. The number of benzene rings is 3. The summed E-state index contributed by atoms with van der Waals surface area (Å²) < 4.78 is 5.53. The molecule has 1 aliphatic rings. The number of ether oxygens (including phenoxy) is 1. The minimum atomic E-state index is -0.145. The van der Waals surface area contributed by atoms with Crippen LogP contribution in [0.5, 0.6) is 5.75 Å². The average Bonchev–Trinajstić information content (AvgIpc) is 3.06. The summed E-state index contributed by atoms with van der Waals surface area (Å²) in [5, 5.41) is 0. The van der Waals surface area contributed by atoms with Crippen molar-refractivity contribution in [2.45, 2.75) is 13.8 Å². The van der Waals surface area contributed by atoms with E-state index in [2.05, 4.69) is 0 Å². The van der Waals surface area contributed by atoms with E-state index in [4.69, 9.17) is 9.73 Å². The van der Waals surface area contributed by atoms with E-state index >= 15 is 0 Å². The second-order valence-corrected chi connectivity index (χ2v) is 6.81. The van der Waals surface area contributed by atoms with Crippen molar-refractivity contribution in [1.29, 1.82) is 0 Å². The molecule has 0 atom stereocenters. The third-order valence-electron chi connectivity index (χ3n) is 4.68. The maximum absolute atomic E-state index is 13.3. The molecule has 3 aromatic carbocycles. The lowest BCUT2D eigenvalue weighted by molar-refractivity contribution is -0.113. The van der Waals surface area contributed by atoms with Gasteiger partial charge in [-0.15, -0.1) is 0 Å². The Morgan fingerprint density at radius 1 is 0.931 bits per heavy atom. The van der Waals surface area contributed by atoms with Crippen LogP contribution in [0.2, 0.25) is 0 Å². The number of amidine groups is 1. The number of aryl methyl sites for hydroxylation is 1. The third-order valence-corrected chi connectivity index (χ3v) is 4.68. The molecule has 0 aliphatic carbocycles. The zero-order valence-corrected chi connectivity index (χ0v) is 16.5. The number of hydrogen-bond donors (Lipinski definition) is 0. The maximum Gasteiger partial charge on any atom is 0.282 e. The molecule has 4 heteroatoms. The second kappa shape index (κ2) is 8.15. The molecule has 1 amide bonds. The van der Waals surface area contributed by atoms with Crippen molar-refractivity contribution in [3.63, 3.8) is 0 Å². The number of aliphatic imine (C=N–C) groups is 1. The summed E-state index contributed by atoms with van der Waals surface area (Å²) in [6.07, 6.45) is 1.82. The Labute approximate surface area is 170 Å². The summed E-state index contributed by atoms with van der Waals surface area (Å²) >= 11 is 0. The standard InChI is InChI=1S/C25H22N2O2/c1-3-29-22-15-13-21(14-16-22)27-24(20-11-9-18(2)10-12-20)26-23(25(27)28)17-19-7-5-4-6-8-19/h4-17H,3H2,1-2H3/b23-17+. The van der Waals surface area contributed by atoms with Crippen molar-refractivity contribution in [3.8, 4) is 5.75 Å². The molecular weight excluding hydrogens is 360 g/mol. The van der Waals surface area contributed by atoms with Gasteiger partial charge in [0.1, 0.15) is 17.3 Å². The zero-order valence-electron chi connectivity index (χ0n) is 16.5. The summed E-state index contributed by atoms with van der Waals surface area (Å²) in [6.45, 7) is 4.58. The summed E-state index contributed by atoms with van der Waals surface area (Å²) in [6, 6.07) is 25.3. The van der Waals surface area contributed by atoms with Crippen molar-refractivity contribution in [1.82, 2.24) is 0 Å². The average molecular weight is 382 g/mol. The van der Waals surface area contributed by atoms with Gasteiger partial charge >= 0.3 is 0 Å². The Kier molecular flexibility index (Phi) is 5.25. The molecule has 0 saturated heterocycles. The highest BCUT2D eigenvalue weighted by atomic mass is 16.5. The van der Waals surface area contributed by atoms with Crippen molar-refractivity contribution < 1.29 is 9.53 Å². The van der Waals surface area contributed by atoms with Crippen LogP contribution in [0.15, 0.2) is 89.6 Å². The fourth-order valence-electron chi connectivity index (χ4n) is 3.22. The molecular formula is C25H22N2O2. The van der Waals surface area contributed by atoms with Crippen LogP contribution in [0.1, 0.15) is 23.6 Å². The molecule has 0 fully saturated rings. The van der Waals surface area contributed by atoms with Crippen molar-refractivity contribution in [2.75, 3.05) is 11.5 Å². The molecule has 4 rings (SSSR count). The Bertz CT molecular complexity index is 1070. The first-order chi connectivity index (χ1) is 14.2. The van der Waals surface area contributed by atoms with Gasteiger partial charge in [0.15, 0.2) is 0 Å². The van der Waals surface area contributed by atoms with E-state index in [1.165, 1.54) is 0 Å². The highest BCUT2D eigenvalue weighted by molar-refractivity contribution is 6.33. The van der Waals surface area contributed by atoms with E-state index in [0.717, 1.165) is 28.1 Å². The van der Waals surface area contributed by atoms with Crippen LogP contribution >= 0.6 is 0 Å². The van der Waals surface area contributed by atoms with Gasteiger partial charge in [-0.1, -0.05) is 60.2 Å². The first-order valence-corrected chi connectivity index (χ1v) is 9.65. The molecule has 1 heterocycles. The minimum absolute atomic E-state index is 0.145. The highest BCUT2D eigenvalue weighted by Gasteiger charge is 2.32. The monoisotopic (exact) mass is 382 g/mol. The lowest BCUT2D eigenvalue weighted by Gasteiger charge is -2.19. The number of rotatable bonds is 5. The fraction of sp³-hybridized carbons (Fsp3) is 0.120. The largest absolute Gasteiger partial charge is 0.494 e. The van der Waals surface area contributed by atoms with Crippen molar-refractivity contribution in [2.24, 2.45) is 4.99 Å². The summed E-state index contributed by atoms with van der Waals surface area (Å²) in [4.78, 5) is 19.6. The highest BCUT2D eigenvalue weighted by Crippen LogP contribution is 2.29. The molecule has 0 saturated carbocycles. The molecule has 3 aromatic rings. The Hall–Kier alpha value is -3.66. The van der Waals surface area contributed by atoms with Gasteiger partial charge < -0.3 is 4.74 Å². The van der Waals surface area contributed by atoms with Gasteiger partial charge in [-0.3, -0.25) is 9.69 Å². The van der Waals surface area contributed by atoms with E-state index in [0.29, 0.717) is 18.1 Å². The number of carbonyl (C=O) groups excluding carboxylic acids is 1. The van der Waals surface area contributed by atoms with Gasteiger partial charge in [0.05, 0.1) is 12.3 Å². The number of hydrogen-bond acceptors (Lipinski definition) is 3. The molecule has 144 valence electrons. The first kappa shape index (κ1) is 18.7. The molecule has 29 heavy (non-hydrogen) atoms.